The van der Waals surface area contributed by atoms with E-state index >= 15 is 0 Å². The van der Waals surface area contributed by atoms with Crippen LogP contribution >= 0.6 is 0 Å². The zero-order valence-corrected chi connectivity index (χ0v) is 22.8. The molecule has 1 saturated carbocycles. The van der Waals surface area contributed by atoms with E-state index in [1.807, 2.05) is 0 Å². The van der Waals surface area contributed by atoms with Crippen LogP contribution in [0.5, 0.6) is 11.5 Å². The van der Waals surface area contributed by atoms with Crippen LogP contribution < -0.4 is 8.85 Å². The maximum Gasteiger partial charge on any atom is 0.250 e. The molecule has 6 heteroatoms. The molecule has 1 aliphatic carbocycles. The summed E-state index contributed by atoms with van der Waals surface area (Å²) in [5, 5.41) is 12.8. The molecular formula is C24H43NO3Si2. The maximum atomic E-state index is 9.11. The molecule has 170 valence electrons. The Morgan fingerprint density at radius 1 is 0.867 bits per heavy atom. The summed E-state index contributed by atoms with van der Waals surface area (Å²) in [6.07, 6.45) is 3.69. The van der Waals surface area contributed by atoms with Gasteiger partial charge < -0.3 is 14.1 Å². The van der Waals surface area contributed by atoms with Crippen LogP contribution in [-0.4, -0.2) is 27.6 Å². The topological polar surface area (TPSA) is 51.0 Å². The Kier molecular flexibility index (Phi) is 7.24. The zero-order chi connectivity index (χ0) is 23.0. The van der Waals surface area contributed by atoms with Crippen molar-refractivity contribution in [2.24, 2.45) is 5.16 Å². The van der Waals surface area contributed by atoms with Crippen LogP contribution in [0.2, 0.25) is 36.3 Å². The lowest BCUT2D eigenvalue weighted by molar-refractivity contribution is 0.313. The average molecular weight is 450 g/mol. The van der Waals surface area contributed by atoms with Gasteiger partial charge >= 0.3 is 0 Å². The first-order valence-electron chi connectivity index (χ1n) is 11.3. The van der Waals surface area contributed by atoms with Crippen LogP contribution in [0.25, 0.3) is 0 Å². The van der Waals surface area contributed by atoms with Gasteiger partial charge in [-0.3, -0.25) is 0 Å². The smallest absolute Gasteiger partial charge is 0.250 e. The van der Waals surface area contributed by atoms with Crippen molar-refractivity contribution in [3.05, 3.63) is 23.8 Å². The van der Waals surface area contributed by atoms with Gasteiger partial charge in [-0.25, -0.2) is 0 Å². The normalized spacial score (nSPS) is 18.9. The fourth-order valence-corrected chi connectivity index (χ4v) is 5.30. The average Bonchev–Trinajstić information content (AvgIpc) is 2.59. The summed E-state index contributed by atoms with van der Waals surface area (Å²) in [7, 11) is -3.91. The monoisotopic (exact) mass is 449 g/mol. The summed E-state index contributed by atoms with van der Waals surface area (Å²) in [4.78, 5) is 0. The highest BCUT2D eigenvalue weighted by molar-refractivity contribution is 6.75. The predicted molar refractivity (Wildman–Crippen MR) is 133 cm³/mol. The Morgan fingerprint density at radius 2 is 1.37 bits per heavy atom. The highest BCUT2D eigenvalue weighted by Crippen LogP contribution is 2.44. The first-order valence-corrected chi connectivity index (χ1v) is 17.1. The Morgan fingerprint density at radius 3 is 1.83 bits per heavy atom. The van der Waals surface area contributed by atoms with Gasteiger partial charge in [0.1, 0.15) is 11.5 Å². The summed E-state index contributed by atoms with van der Waals surface area (Å²) in [6.45, 7) is 22.8. The third-order valence-corrected chi connectivity index (χ3v) is 16.2. The molecule has 1 aromatic rings. The van der Waals surface area contributed by atoms with E-state index in [0.717, 1.165) is 42.9 Å². The van der Waals surface area contributed by atoms with E-state index < -0.39 is 16.6 Å². The van der Waals surface area contributed by atoms with Gasteiger partial charge in [0, 0.05) is 6.07 Å². The summed E-state index contributed by atoms with van der Waals surface area (Å²) >= 11 is 0. The highest BCUT2D eigenvalue weighted by Gasteiger charge is 2.41. The van der Waals surface area contributed by atoms with Gasteiger partial charge in [0.15, 0.2) is 0 Å². The van der Waals surface area contributed by atoms with Crippen molar-refractivity contribution in [1.82, 2.24) is 0 Å². The number of benzene rings is 1. The molecule has 0 bridgehead atoms. The van der Waals surface area contributed by atoms with Crippen LogP contribution in [0.4, 0.5) is 0 Å². The van der Waals surface area contributed by atoms with Gasteiger partial charge in [-0.15, -0.1) is 0 Å². The second kappa shape index (κ2) is 8.69. The van der Waals surface area contributed by atoms with Gasteiger partial charge in [-0.05, 0) is 79.5 Å². The molecule has 1 aliphatic rings. The third-order valence-electron chi connectivity index (χ3n) is 7.48. The first kappa shape index (κ1) is 25.0. The van der Waals surface area contributed by atoms with E-state index in [4.69, 9.17) is 14.1 Å². The largest absolute Gasteiger partial charge is 0.543 e. The van der Waals surface area contributed by atoms with Crippen LogP contribution in [0, 0.1) is 0 Å². The van der Waals surface area contributed by atoms with Crippen molar-refractivity contribution >= 4 is 22.3 Å². The molecule has 1 aromatic carbocycles. The zero-order valence-electron chi connectivity index (χ0n) is 20.8. The molecule has 1 fully saturated rings. The van der Waals surface area contributed by atoms with E-state index in [-0.39, 0.29) is 10.1 Å². The molecule has 0 atom stereocenters. The summed E-state index contributed by atoms with van der Waals surface area (Å²) in [6, 6.07) is 6.49. The summed E-state index contributed by atoms with van der Waals surface area (Å²) in [5.41, 5.74) is 2.19. The lowest BCUT2D eigenvalue weighted by Crippen LogP contribution is -2.44. The molecular weight excluding hydrogens is 406 g/mol. The number of oxime groups is 1. The maximum absolute atomic E-state index is 9.11. The predicted octanol–water partition coefficient (Wildman–Crippen LogP) is 7.94. The number of hydrogen-bond donors (Lipinski definition) is 1. The van der Waals surface area contributed by atoms with Gasteiger partial charge in [-0.1, -0.05) is 52.8 Å². The molecule has 0 aromatic heterocycles. The van der Waals surface area contributed by atoms with Crippen molar-refractivity contribution in [2.45, 2.75) is 109 Å². The quantitative estimate of drug-likeness (QED) is 0.282. The van der Waals surface area contributed by atoms with Gasteiger partial charge in [0.05, 0.1) is 5.71 Å². The first-order chi connectivity index (χ1) is 13.6. The van der Waals surface area contributed by atoms with Crippen LogP contribution in [-0.2, 0) is 0 Å². The molecule has 0 unspecified atom stereocenters. The molecule has 0 heterocycles. The van der Waals surface area contributed by atoms with Crippen molar-refractivity contribution in [3.63, 3.8) is 0 Å². The Balaban J connectivity index is 2.42. The number of rotatable bonds is 5. The van der Waals surface area contributed by atoms with E-state index in [9.17, 15) is 0 Å². The van der Waals surface area contributed by atoms with Crippen molar-refractivity contribution in [1.29, 1.82) is 0 Å². The van der Waals surface area contributed by atoms with Crippen molar-refractivity contribution in [2.75, 3.05) is 0 Å². The molecule has 30 heavy (non-hydrogen) atoms. The van der Waals surface area contributed by atoms with Crippen LogP contribution in [0.15, 0.2) is 23.4 Å². The van der Waals surface area contributed by atoms with Gasteiger partial charge in [0.2, 0.25) is 16.6 Å². The lowest BCUT2D eigenvalue weighted by atomic mass is 9.83. The Bertz CT molecular complexity index is 764. The molecule has 0 saturated heterocycles. The molecule has 2 rings (SSSR count). The second-order valence-corrected chi connectivity index (χ2v) is 21.3. The van der Waals surface area contributed by atoms with Crippen molar-refractivity contribution < 1.29 is 14.1 Å². The van der Waals surface area contributed by atoms with Gasteiger partial charge in [-0.2, -0.15) is 0 Å². The van der Waals surface area contributed by atoms with E-state index in [2.05, 4.69) is 91.1 Å². The molecule has 0 amide bonds. The molecule has 0 aliphatic heterocycles. The number of hydrogen-bond acceptors (Lipinski definition) is 4. The van der Waals surface area contributed by atoms with E-state index in [1.54, 1.807) is 0 Å². The minimum Gasteiger partial charge on any atom is -0.543 e. The minimum atomic E-state index is -1.99. The highest BCUT2D eigenvalue weighted by atomic mass is 28.4. The second-order valence-electron chi connectivity index (χ2n) is 11.9. The lowest BCUT2D eigenvalue weighted by Gasteiger charge is -2.39. The SMILES string of the molecule is CC(C)(C)[Si](C)(C)Oc1ccc(C2CCC(=NO)CC2)c(O[Si](C)(C)C(C)(C)C)c1. The summed E-state index contributed by atoms with van der Waals surface area (Å²) < 4.78 is 13.4. The number of nitrogens with zero attached hydrogens (tertiary/aromatic N) is 1. The third kappa shape index (κ3) is 5.69. The minimum absolute atomic E-state index is 0.129. The van der Waals surface area contributed by atoms with E-state index in [0.29, 0.717) is 5.92 Å². The molecule has 0 radical (unpaired) electrons. The van der Waals surface area contributed by atoms with Crippen molar-refractivity contribution in [3.8, 4) is 11.5 Å². The summed E-state index contributed by atoms with van der Waals surface area (Å²) in [5.74, 6) is 2.34. The molecule has 0 spiro atoms. The Hall–Kier alpha value is -1.28. The fourth-order valence-electron chi connectivity index (χ4n) is 3.24. The standard InChI is InChI=1S/C24H43NO3Si2/c1-23(2,3)29(7,8)27-20-15-16-21(18-11-13-19(25-26)14-12-18)22(17-20)28-30(9,10)24(4,5)6/h15-18,26H,11-14H2,1-10H3. The van der Waals surface area contributed by atoms with Gasteiger partial charge in [0.25, 0.3) is 0 Å². The Labute approximate surface area is 186 Å². The molecule has 1 N–H and O–H groups in total. The van der Waals surface area contributed by atoms with E-state index in [1.165, 1.54) is 5.56 Å². The fraction of sp³-hybridized carbons (Fsp3) is 0.708. The van der Waals surface area contributed by atoms with Crippen LogP contribution in [0.3, 0.4) is 0 Å². The molecule has 4 nitrogen and oxygen atoms in total. The van der Waals surface area contributed by atoms with Crippen LogP contribution in [0.1, 0.15) is 78.7 Å².